The number of pyridine rings is 1. The number of anilines is 1. The number of hydrogen-bond donors (Lipinski definition) is 2. The van der Waals surface area contributed by atoms with Crippen LogP contribution in [0.1, 0.15) is 17.3 Å². The monoisotopic (exact) mass is 386 g/mol. The van der Waals surface area contributed by atoms with Crippen molar-refractivity contribution in [1.29, 1.82) is 0 Å². The summed E-state index contributed by atoms with van der Waals surface area (Å²) in [6.45, 7) is 4.30. The molecule has 0 unspecified atom stereocenters. The maximum atomic E-state index is 12.1. The van der Waals surface area contributed by atoms with Gasteiger partial charge in [-0.1, -0.05) is 6.92 Å². The van der Waals surface area contributed by atoms with E-state index in [4.69, 9.17) is 0 Å². The van der Waals surface area contributed by atoms with Gasteiger partial charge in [-0.2, -0.15) is 0 Å². The molecule has 116 valence electrons. The van der Waals surface area contributed by atoms with Gasteiger partial charge in [0.1, 0.15) is 5.82 Å². The second-order valence-corrected chi connectivity index (χ2v) is 4.94. The van der Waals surface area contributed by atoms with Crippen molar-refractivity contribution >= 4 is 52.5 Å². The zero-order chi connectivity index (χ0) is 13.5. The van der Waals surface area contributed by atoms with Crippen molar-refractivity contribution in [2.75, 3.05) is 38.6 Å². The SMILES string of the molecule is CCNCCNC(=O)c1cc(Br)cnc1N(C)C.Cl.Cl. The summed E-state index contributed by atoms with van der Waals surface area (Å²) in [4.78, 5) is 18.1. The zero-order valence-electron chi connectivity index (χ0n) is 11.8. The molecule has 2 N–H and O–H groups in total. The Bertz CT molecular complexity index is 418. The van der Waals surface area contributed by atoms with Crippen LogP contribution in [-0.2, 0) is 0 Å². The Morgan fingerprint density at radius 1 is 1.35 bits per heavy atom. The molecule has 0 fully saturated rings. The average molecular weight is 388 g/mol. The molecule has 0 bridgehead atoms. The summed E-state index contributed by atoms with van der Waals surface area (Å²) in [5.74, 6) is 0.560. The van der Waals surface area contributed by atoms with Gasteiger partial charge in [0.05, 0.1) is 5.56 Å². The molecule has 0 atom stereocenters. The average Bonchev–Trinajstić information content (AvgIpc) is 2.34. The van der Waals surface area contributed by atoms with E-state index >= 15 is 0 Å². The molecule has 0 radical (unpaired) electrons. The number of aromatic nitrogens is 1. The molecule has 1 heterocycles. The number of amides is 1. The Hall–Kier alpha value is -0.560. The van der Waals surface area contributed by atoms with E-state index in [0.717, 1.165) is 17.6 Å². The van der Waals surface area contributed by atoms with Crippen LogP contribution in [-0.4, -0.2) is 44.6 Å². The van der Waals surface area contributed by atoms with Gasteiger partial charge in [-0.3, -0.25) is 4.79 Å². The number of carbonyl (C=O) groups is 1. The summed E-state index contributed by atoms with van der Waals surface area (Å²) in [5.41, 5.74) is 0.575. The first-order valence-electron chi connectivity index (χ1n) is 5.88. The fraction of sp³-hybridized carbons (Fsp3) is 0.500. The Morgan fingerprint density at radius 2 is 2.00 bits per heavy atom. The third-order valence-corrected chi connectivity index (χ3v) is 2.77. The second kappa shape index (κ2) is 11.1. The van der Waals surface area contributed by atoms with E-state index in [1.165, 1.54) is 0 Å². The molecule has 20 heavy (non-hydrogen) atoms. The summed E-state index contributed by atoms with van der Waals surface area (Å²) in [6.07, 6.45) is 1.69. The van der Waals surface area contributed by atoms with Crippen molar-refractivity contribution in [2.24, 2.45) is 0 Å². The number of halogens is 3. The molecule has 0 saturated carbocycles. The van der Waals surface area contributed by atoms with Gasteiger partial charge in [0.15, 0.2) is 0 Å². The van der Waals surface area contributed by atoms with Crippen LogP contribution in [0, 0.1) is 0 Å². The lowest BCUT2D eigenvalue weighted by Crippen LogP contribution is -2.32. The smallest absolute Gasteiger partial charge is 0.255 e. The Kier molecular flexibility index (Phi) is 12.1. The standard InChI is InChI=1S/C12H19BrN4O.2ClH/c1-4-14-5-6-15-12(18)10-7-9(13)8-16-11(10)17(2)3;;/h7-8,14H,4-6H2,1-3H3,(H,15,18);2*1H. The highest BCUT2D eigenvalue weighted by Crippen LogP contribution is 2.19. The normalized spacial score (nSPS) is 9.20. The molecular weight excluding hydrogens is 367 g/mol. The summed E-state index contributed by atoms with van der Waals surface area (Å²) in [6, 6.07) is 1.78. The molecule has 1 amide bonds. The fourth-order valence-electron chi connectivity index (χ4n) is 1.49. The van der Waals surface area contributed by atoms with E-state index in [0.29, 0.717) is 17.9 Å². The van der Waals surface area contributed by atoms with Crippen molar-refractivity contribution in [1.82, 2.24) is 15.6 Å². The van der Waals surface area contributed by atoms with Crippen LogP contribution in [0.25, 0.3) is 0 Å². The van der Waals surface area contributed by atoms with Crippen molar-refractivity contribution < 1.29 is 4.79 Å². The van der Waals surface area contributed by atoms with E-state index in [2.05, 4.69) is 31.5 Å². The first-order chi connectivity index (χ1) is 8.56. The number of rotatable bonds is 6. The lowest BCUT2D eigenvalue weighted by atomic mass is 10.2. The lowest BCUT2D eigenvalue weighted by Gasteiger charge is -2.16. The van der Waals surface area contributed by atoms with Crippen molar-refractivity contribution in [3.63, 3.8) is 0 Å². The molecule has 1 aromatic rings. The van der Waals surface area contributed by atoms with Crippen molar-refractivity contribution in [3.8, 4) is 0 Å². The molecule has 0 aliphatic heterocycles. The molecule has 0 aliphatic rings. The maximum Gasteiger partial charge on any atom is 0.255 e. The lowest BCUT2D eigenvalue weighted by molar-refractivity contribution is 0.0954. The van der Waals surface area contributed by atoms with E-state index in [9.17, 15) is 4.79 Å². The molecule has 0 saturated heterocycles. The summed E-state index contributed by atoms with van der Waals surface area (Å²) < 4.78 is 0.796. The minimum Gasteiger partial charge on any atom is -0.362 e. The van der Waals surface area contributed by atoms with Crippen molar-refractivity contribution in [2.45, 2.75) is 6.92 Å². The minimum atomic E-state index is -0.106. The number of nitrogens with zero attached hydrogens (tertiary/aromatic N) is 2. The number of likely N-dealkylation sites (N-methyl/N-ethyl adjacent to an activating group) is 1. The first-order valence-corrected chi connectivity index (χ1v) is 6.67. The maximum absolute atomic E-state index is 12.1. The van der Waals surface area contributed by atoms with Gasteiger partial charge >= 0.3 is 0 Å². The molecule has 0 spiro atoms. The molecule has 0 aromatic carbocycles. The third kappa shape index (κ3) is 6.74. The molecule has 0 aliphatic carbocycles. The first kappa shape index (κ1) is 21.7. The van der Waals surface area contributed by atoms with Crippen LogP contribution >= 0.6 is 40.7 Å². The molecular formula is C12H21BrCl2N4O. The van der Waals surface area contributed by atoms with E-state index in [1.54, 1.807) is 12.3 Å². The van der Waals surface area contributed by atoms with Gasteiger partial charge in [0.2, 0.25) is 0 Å². The second-order valence-electron chi connectivity index (χ2n) is 4.03. The van der Waals surface area contributed by atoms with E-state index in [1.807, 2.05) is 25.9 Å². The zero-order valence-corrected chi connectivity index (χ0v) is 15.0. The van der Waals surface area contributed by atoms with Crippen LogP contribution in [0.2, 0.25) is 0 Å². The van der Waals surface area contributed by atoms with Gasteiger partial charge in [-0.15, -0.1) is 24.8 Å². The van der Waals surface area contributed by atoms with Gasteiger partial charge < -0.3 is 15.5 Å². The predicted octanol–water partition coefficient (Wildman–Crippen LogP) is 2.09. The highest BCUT2D eigenvalue weighted by molar-refractivity contribution is 9.10. The Balaban J connectivity index is 0. The van der Waals surface area contributed by atoms with Crippen molar-refractivity contribution in [3.05, 3.63) is 22.3 Å². The minimum absolute atomic E-state index is 0. The van der Waals surface area contributed by atoms with Crippen LogP contribution in [0.15, 0.2) is 16.7 Å². The summed E-state index contributed by atoms with van der Waals surface area (Å²) >= 11 is 3.33. The van der Waals surface area contributed by atoms with Crippen LogP contribution in [0.3, 0.4) is 0 Å². The van der Waals surface area contributed by atoms with Gasteiger partial charge in [0, 0.05) is 37.9 Å². The Morgan fingerprint density at radius 3 is 2.55 bits per heavy atom. The largest absolute Gasteiger partial charge is 0.362 e. The van der Waals surface area contributed by atoms with Crippen LogP contribution in [0.5, 0.6) is 0 Å². The van der Waals surface area contributed by atoms with Gasteiger partial charge in [-0.05, 0) is 28.5 Å². The van der Waals surface area contributed by atoms with Gasteiger partial charge in [-0.25, -0.2) is 4.98 Å². The number of carbonyl (C=O) groups excluding carboxylic acids is 1. The van der Waals surface area contributed by atoms with E-state index in [-0.39, 0.29) is 30.7 Å². The fourth-order valence-corrected chi connectivity index (χ4v) is 1.82. The van der Waals surface area contributed by atoms with E-state index < -0.39 is 0 Å². The quantitative estimate of drug-likeness (QED) is 0.734. The molecule has 8 heteroatoms. The predicted molar refractivity (Wildman–Crippen MR) is 91.6 cm³/mol. The number of nitrogens with one attached hydrogen (secondary N) is 2. The molecule has 5 nitrogen and oxygen atoms in total. The van der Waals surface area contributed by atoms with Crippen LogP contribution < -0.4 is 15.5 Å². The molecule has 1 rings (SSSR count). The summed E-state index contributed by atoms with van der Waals surface area (Å²) in [7, 11) is 3.73. The molecule has 1 aromatic heterocycles. The number of hydrogen-bond acceptors (Lipinski definition) is 4. The van der Waals surface area contributed by atoms with Gasteiger partial charge in [0.25, 0.3) is 5.91 Å². The highest BCUT2D eigenvalue weighted by Gasteiger charge is 2.14. The third-order valence-electron chi connectivity index (χ3n) is 2.34. The topological polar surface area (TPSA) is 57.3 Å². The Labute approximate surface area is 140 Å². The van der Waals surface area contributed by atoms with Crippen LogP contribution in [0.4, 0.5) is 5.82 Å². The summed E-state index contributed by atoms with van der Waals surface area (Å²) in [5, 5.41) is 6.02. The highest BCUT2D eigenvalue weighted by atomic mass is 79.9.